The van der Waals surface area contributed by atoms with Gasteiger partial charge in [-0.25, -0.2) is 4.79 Å². The van der Waals surface area contributed by atoms with Crippen LogP contribution in [0.3, 0.4) is 0 Å². The van der Waals surface area contributed by atoms with Crippen LogP contribution in [-0.4, -0.2) is 42.5 Å². The van der Waals surface area contributed by atoms with Crippen LogP contribution < -0.4 is 11.1 Å². The summed E-state index contributed by atoms with van der Waals surface area (Å²) in [5.41, 5.74) is 3.55. The minimum atomic E-state index is -0.445. The zero-order valence-corrected chi connectivity index (χ0v) is 18.7. The van der Waals surface area contributed by atoms with Gasteiger partial charge in [0.25, 0.3) is 0 Å². The van der Waals surface area contributed by atoms with Gasteiger partial charge in [-0.3, -0.25) is 9.78 Å². The molecule has 2 atom stereocenters. The number of carbonyl (C=O) groups excluding carboxylic acids is 1. The predicted molar refractivity (Wildman–Crippen MR) is 124 cm³/mol. The van der Waals surface area contributed by atoms with E-state index in [1.165, 1.54) is 5.56 Å². The second-order valence-corrected chi connectivity index (χ2v) is 8.42. The van der Waals surface area contributed by atoms with Crippen molar-refractivity contribution >= 4 is 17.0 Å². The van der Waals surface area contributed by atoms with E-state index in [0.29, 0.717) is 24.1 Å². The van der Waals surface area contributed by atoms with Crippen LogP contribution in [0.1, 0.15) is 49.7 Å². The van der Waals surface area contributed by atoms with Gasteiger partial charge in [0, 0.05) is 19.0 Å². The Labute approximate surface area is 183 Å². The number of amides is 1. The third kappa shape index (κ3) is 6.56. The monoisotopic (exact) mass is 423 g/mol. The lowest BCUT2D eigenvalue weighted by atomic mass is 9.90. The van der Waals surface area contributed by atoms with Gasteiger partial charge in [-0.1, -0.05) is 56.2 Å². The summed E-state index contributed by atoms with van der Waals surface area (Å²) in [6, 6.07) is 16.2. The van der Waals surface area contributed by atoms with Crippen LogP contribution in [-0.2, 0) is 11.2 Å². The fourth-order valence-corrected chi connectivity index (χ4v) is 3.92. The smallest absolute Gasteiger partial charge is 0.408 e. The second-order valence-electron chi connectivity index (χ2n) is 8.42. The van der Waals surface area contributed by atoms with Crippen molar-refractivity contribution in [3.63, 3.8) is 0 Å². The number of nitrogens with one attached hydrogen (secondary N) is 2. The molecule has 0 bridgehead atoms. The number of aromatic nitrogens is 1. The first-order valence-electron chi connectivity index (χ1n) is 11.1. The Bertz CT molecular complexity index is 1020. The number of rotatable bonds is 11. The van der Waals surface area contributed by atoms with Crippen LogP contribution in [0.25, 0.3) is 11.1 Å². The van der Waals surface area contributed by atoms with Crippen molar-refractivity contribution < 1.29 is 9.21 Å². The molecule has 0 radical (unpaired) electrons. The molecular formula is C25H33N3O3. The van der Waals surface area contributed by atoms with Crippen molar-refractivity contribution in [3.8, 4) is 0 Å². The van der Waals surface area contributed by atoms with E-state index in [9.17, 15) is 9.59 Å². The maximum absolute atomic E-state index is 12.8. The average Bonchev–Trinajstić information content (AvgIpc) is 3.13. The molecule has 0 saturated heterocycles. The molecule has 1 heterocycles. The fourth-order valence-electron chi connectivity index (χ4n) is 3.92. The van der Waals surface area contributed by atoms with Crippen LogP contribution in [0.15, 0.2) is 57.7 Å². The van der Waals surface area contributed by atoms with E-state index in [1.807, 2.05) is 50.5 Å². The maximum atomic E-state index is 12.8. The number of aromatic amines is 1. The normalized spacial score (nSPS) is 13.4. The van der Waals surface area contributed by atoms with E-state index < -0.39 is 5.76 Å². The van der Waals surface area contributed by atoms with Crippen LogP contribution in [0.5, 0.6) is 0 Å². The van der Waals surface area contributed by atoms with Gasteiger partial charge in [-0.2, -0.15) is 0 Å². The van der Waals surface area contributed by atoms with Gasteiger partial charge < -0.3 is 14.6 Å². The molecule has 6 nitrogen and oxygen atoms in total. The van der Waals surface area contributed by atoms with Gasteiger partial charge in [-0.05, 0) is 56.1 Å². The molecular weight excluding hydrogens is 390 g/mol. The Hall–Kier alpha value is -2.86. The third-order valence-electron chi connectivity index (χ3n) is 5.83. The second kappa shape index (κ2) is 11.0. The summed E-state index contributed by atoms with van der Waals surface area (Å²) >= 11 is 0. The van der Waals surface area contributed by atoms with Gasteiger partial charge in [0.2, 0.25) is 5.91 Å². The van der Waals surface area contributed by atoms with Gasteiger partial charge in [0.15, 0.2) is 5.58 Å². The third-order valence-corrected chi connectivity index (χ3v) is 5.83. The molecule has 1 amide bonds. The van der Waals surface area contributed by atoms with Crippen molar-refractivity contribution in [3.05, 3.63) is 70.2 Å². The first-order chi connectivity index (χ1) is 15.0. The molecule has 3 rings (SSSR count). The first-order valence-corrected chi connectivity index (χ1v) is 11.1. The minimum Gasteiger partial charge on any atom is -0.408 e. The number of hydrogen-bond acceptors (Lipinski definition) is 4. The van der Waals surface area contributed by atoms with E-state index in [-0.39, 0.29) is 17.9 Å². The summed E-state index contributed by atoms with van der Waals surface area (Å²) in [4.78, 5) is 28.9. The lowest BCUT2D eigenvalue weighted by Gasteiger charge is -2.25. The number of oxazole rings is 1. The molecule has 2 unspecified atom stereocenters. The molecule has 166 valence electrons. The Morgan fingerprint density at radius 2 is 1.94 bits per heavy atom. The number of nitrogens with zero attached hydrogens (tertiary/aromatic N) is 1. The van der Waals surface area contributed by atoms with Crippen molar-refractivity contribution in [1.29, 1.82) is 0 Å². The lowest BCUT2D eigenvalue weighted by molar-refractivity contribution is -0.121. The molecule has 0 aliphatic rings. The summed E-state index contributed by atoms with van der Waals surface area (Å²) in [7, 11) is 4.03. The Balaban J connectivity index is 1.60. The highest BCUT2D eigenvalue weighted by molar-refractivity contribution is 5.77. The Kier molecular flexibility index (Phi) is 8.06. The molecule has 0 spiro atoms. The van der Waals surface area contributed by atoms with Crippen molar-refractivity contribution in [2.24, 2.45) is 0 Å². The first kappa shape index (κ1) is 22.8. The molecule has 2 N–H and O–H groups in total. The number of H-pyrrole nitrogens is 1. The van der Waals surface area contributed by atoms with E-state index in [4.69, 9.17) is 4.42 Å². The number of carbonyl (C=O) groups is 1. The number of hydrogen-bond donors (Lipinski definition) is 2. The minimum absolute atomic E-state index is 0.0869. The molecule has 0 aliphatic heterocycles. The van der Waals surface area contributed by atoms with E-state index >= 15 is 0 Å². The summed E-state index contributed by atoms with van der Waals surface area (Å²) in [6.45, 7) is 2.75. The van der Waals surface area contributed by atoms with Gasteiger partial charge in [0.1, 0.15) is 0 Å². The molecule has 0 fully saturated rings. The van der Waals surface area contributed by atoms with Crippen LogP contribution in [0.2, 0.25) is 0 Å². The van der Waals surface area contributed by atoms with Crippen molar-refractivity contribution in [1.82, 2.24) is 15.2 Å². The summed E-state index contributed by atoms with van der Waals surface area (Å²) in [5, 5.41) is 3.14. The Morgan fingerprint density at radius 3 is 2.65 bits per heavy atom. The SMILES string of the molecule is CCCCC(CC(=O)NCC(Cc1ccc2[nH]c(=O)oc2c1)N(C)C)c1ccccc1. The standard InChI is InChI=1S/C25H33N3O3/c1-4-5-9-20(19-10-7-6-8-11-19)16-24(29)26-17-21(28(2)3)14-18-12-13-22-23(15-18)31-25(30)27-22/h6-8,10-13,15,20-21H,4-5,9,14,16-17H2,1-3H3,(H,26,29)(H,27,30). The molecule has 2 aromatic carbocycles. The van der Waals surface area contributed by atoms with E-state index in [1.54, 1.807) is 0 Å². The molecule has 6 heteroatoms. The number of unbranched alkanes of at least 4 members (excludes halogenated alkanes) is 1. The highest BCUT2D eigenvalue weighted by Crippen LogP contribution is 2.25. The Morgan fingerprint density at radius 1 is 1.16 bits per heavy atom. The quantitative estimate of drug-likeness (QED) is 0.487. The molecule has 0 saturated carbocycles. The zero-order chi connectivity index (χ0) is 22.2. The number of benzene rings is 2. The number of likely N-dealkylation sites (N-methyl/N-ethyl adjacent to an activating group) is 1. The highest BCUT2D eigenvalue weighted by atomic mass is 16.4. The number of fused-ring (bicyclic) bond motifs is 1. The van der Waals surface area contributed by atoms with Crippen LogP contribution in [0, 0.1) is 0 Å². The van der Waals surface area contributed by atoms with Gasteiger partial charge >= 0.3 is 5.76 Å². The maximum Gasteiger partial charge on any atom is 0.417 e. The zero-order valence-electron chi connectivity index (χ0n) is 18.7. The van der Waals surface area contributed by atoms with Crippen molar-refractivity contribution in [2.75, 3.05) is 20.6 Å². The van der Waals surface area contributed by atoms with Gasteiger partial charge in [-0.15, -0.1) is 0 Å². The summed E-state index contributed by atoms with van der Waals surface area (Å²) < 4.78 is 5.17. The lowest BCUT2D eigenvalue weighted by Crippen LogP contribution is -2.41. The van der Waals surface area contributed by atoms with Crippen LogP contribution >= 0.6 is 0 Å². The van der Waals surface area contributed by atoms with Crippen molar-refractivity contribution in [2.45, 2.75) is 51.0 Å². The molecule has 0 aliphatic carbocycles. The molecule has 3 aromatic rings. The summed E-state index contributed by atoms with van der Waals surface area (Å²) in [6.07, 6.45) is 4.51. The predicted octanol–water partition coefficient (Wildman–Crippen LogP) is 4.07. The van der Waals surface area contributed by atoms with Crippen LogP contribution in [0.4, 0.5) is 0 Å². The van der Waals surface area contributed by atoms with Gasteiger partial charge in [0.05, 0.1) is 5.52 Å². The topological polar surface area (TPSA) is 78.3 Å². The fraction of sp³-hybridized carbons (Fsp3) is 0.440. The highest BCUT2D eigenvalue weighted by Gasteiger charge is 2.18. The molecule has 31 heavy (non-hydrogen) atoms. The average molecular weight is 424 g/mol. The summed E-state index contributed by atoms with van der Waals surface area (Å²) in [5.74, 6) is -0.110. The van der Waals surface area contributed by atoms with E-state index in [2.05, 4.69) is 34.3 Å². The molecule has 1 aromatic heterocycles. The van der Waals surface area contributed by atoms with E-state index in [0.717, 1.165) is 31.2 Å². The largest absolute Gasteiger partial charge is 0.417 e.